The number of hydrogen-bond acceptors (Lipinski definition) is 5. The quantitative estimate of drug-likeness (QED) is 0.507. The van der Waals surface area contributed by atoms with Crippen LogP contribution in [0.4, 0.5) is 5.69 Å². The molecule has 2 aromatic carbocycles. The van der Waals surface area contributed by atoms with E-state index in [-0.39, 0.29) is 42.7 Å². The summed E-state index contributed by atoms with van der Waals surface area (Å²) in [5.74, 6) is -1.00. The van der Waals surface area contributed by atoms with Crippen molar-refractivity contribution in [2.75, 3.05) is 11.9 Å². The van der Waals surface area contributed by atoms with Crippen LogP contribution in [0.1, 0.15) is 69.9 Å². The fourth-order valence-corrected chi connectivity index (χ4v) is 4.62. The van der Waals surface area contributed by atoms with Crippen LogP contribution in [-0.4, -0.2) is 42.4 Å². The summed E-state index contributed by atoms with van der Waals surface area (Å²) in [4.78, 5) is 50.8. The molecule has 0 spiro atoms. The average molecular weight is 536 g/mol. The fourth-order valence-electron chi connectivity index (χ4n) is 4.62. The van der Waals surface area contributed by atoms with E-state index in [0.717, 1.165) is 37.7 Å². The third-order valence-corrected chi connectivity index (χ3v) is 6.75. The van der Waals surface area contributed by atoms with Crippen LogP contribution in [0.15, 0.2) is 54.6 Å². The van der Waals surface area contributed by atoms with Gasteiger partial charge in [0.05, 0.1) is 12.5 Å². The lowest BCUT2D eigenvalue weighted by Gasteiger charge is -2.22. The largest absolute Gasteiger partial charge is 0.463 e. The number of carbonyl (C=O) groups is 4. The second-order valence-electron chi connectivity index (χ2n) is 10.6. The van der Waals surface area contributed by atoms with Gasteiger partial charge in [-0.05, 0) is 48.4 Å². The standard InChI is InChI=1S/C31H41N3O5/c1-22(2)30-31(38)33-25-15-11-14-24(19-25)20-29(37)39-21-26(18-23-12-7-6-8-13-23)32-27(35)16-9-4-3-5-10-17-28(36)34-30/h6-8,11-15,19,22,26,30H,3-5,9-10,16-18,20-21H2,1-2H3,(H,32,35)(H,33,38)(H,34,36)/t26-,30-/m0/s1. The molecule has 0 aromatic heterocycles. The fraction of sp³-hybridized carbons (Fsp3) is 0.484. The molecule has 3 N–H and O–H groups in total. The van der Waals surface area contributed by atoms with Crippen molar-refractivity contribution in [2.24, 2.45) is 5.92 Å². The first kappa shape index (κ1) is 29.9. The van der Waals surface area contributed by atoms with Crippen molar-refractivity contribution in [3.8, 4) is 0 Å². The van der Waals surface area contributed by atoms with Crippen molar-refractivity contribution in [1.82, 2.24) is 10.6 Å². The Hall–Kier alpha value is -3.68. The molecule has 1 aliphatic heterocycles. The molecule has 0 unspecified atom stereocenters. The van der Waals surface area contributed by atoms with Crippen molar-refractivity contribution < 1.29 is 23.9 Å². The number of benzene rings is 2. The highest BCUT2D eigenvalue weighted by atomic mass is 16.5. The number of amides is 3. The van der Waals surface area contributed by atoms with Crippen molar-refractivity contribution in [3.63, 3.8) is 0 Å². The van der Waals surface area contributed by atoms with Crippen LogP contribution in [0.5, 0.6) is 0 Å². The van der Waals surface area contributed by atoms with Crippen molar-refractivity contribution >= 4 is 29.4 Å². The predicted octanol–water partition coefficient (Wildman–Crippen LogP) is 4.32. The van der Waals surface area contributed by atoms with E-state index in [1.165, 1.54) is 0 Å². The Bertz CT molecular complexity index is 1100. The molecule has 3 amide bonds. The van der Waals surface area contributed by atoms with Gasteiger partial charge in [-0.1, -0.05) is 75.6 Å². The highest BCUT2D eigenvalue weighted by Gasteiger charge is 2.24. The molecular weight excluding hydrogens is 494 g/mol. The normalized spacial score (nSPS) is 21.0. The van der Waals surface area contributed by atoms with Gasteiger partial charge in [-0.25, -0.2) is 0 Å². The summed E-state index contributed by atoms with van der Waals surface area (Å²) in [5.41, 5.74) is 2.28. The molecule has 2 atom stereocenters. The van der Waals surface area contributed by atoms with Crippen LogP contribution in [0, 0.1) is 5.92 Å². The highest BCUT2D eigenvalue weighted by molar-refractivity contribution is 5.97. The molecule has 0 fully saturated rings. The third-order valence-electron chi connectivity index (χ3n) is 6.75. The number of anilines is 1. The number of hydrogen-bond donors (Lipinski definition) is 3. The average Bonchev–Trinajstić information content (AvgIpc) is 2.90. The zero-order valence-electron chi connectivity index (χ0n) is 23.0. The maximum Gasteiger partial charge on any atom is 0.310 e. The van der Waals surface area contributed by atoms with Crippen molar-refractivity contribution in [3.05, 3.63) is 65.7 Å². The molecule has 2 bridgehead atoms. The van der Waals surface area contributed by atoms with E-state index in [9.17, 15) is 19.2 Å². The first-order valence-electron chi connectivity index (χ1n) is 14.0. The molecule has 0 aliphatic carbocycles. The zero-order chi connectivity index (χ0) is 28.0. The number of rotatable bonds is 3. The molecule has 2 aromatic rings. The number of ether oxygens (including phenoxy) is 1. The minimum Gasteiger partial charge on any atom is -0.463 e. The SMILES string of the molecule is CC(C)[C@@H]1NC(=O)CCCCCCCC(=O)N[C@@H](Cc2ccccc2)COC(=O)Cc2cccc(c2)NC1=O. The van der Waals surface area contributed by atoms with E-state index in [0.29, 0.717) is 30.5 Å². The first-order chi connectivity index (χ1) is 18.8. The van der Waals surface area contributed by atoms with Gasteiger partial charge in [-0.15, -0.1) is 0 Å². The summed E-state index contributed by atoms with van der Waals surface area (Å²) < 4.78 is 5.58. The number of esters is 1. The summed E-state index contributed by atoms with van der Waals surface area (Å²) >= 11 is 0. The van der Waals surface area contributed by atoms with Crippen LogP contribution in [0.2, 0.25) is 0 Å². The summed E-state index contributed by atoms with van der Waals surface area (Å²) in [6, 6.07) is 15.8. The minimum absolute atomic E-state index is 0.0278. The molecule has 0 saturated carbocycles. The van der Waals surface area contributed by atoms with Gasteiger partial charge < -0.3 is 20.7 Å². The van der Waals surface area contributed by atoms with Crippen molar-refractivity contribution in [2.45, 2.75) is 83.7 Å². The topological polar surface area (TPSA) is 114 Å². The molecular formula is C31H41N3O5. The van der Waals surface area contributed by atoms with Crippen molar-refractivity contribution in [1.29, 1.82) is 0 Å². The van der Waals surface area contributed by atoms with Crippen LogP contribution in [0.25, 0.3) is 0 Å². The van der Waals surface area contributed by atoms with Gasteiger partial charge in [0, 0.05) is 18.5 Å². The third kappa shape index (κ3) is 10.9. The van der Waals surface area contributed by atoms with Gasteiger partial charge >= 0.3 is 5.97 Å². The van der Waals surface area contributed by atoms with Crippen LogP contribution in [0.3, 0.4) is 0 Å². The molecule has 39 heavy (non-hydrogen) atoms. The van der Waals surface area contributed by atoms with Gasteiger partial charge in [-0.3, -0.25) is 19.2 Å². The summed E-state index contributed by atoms with van der Waals surface area (Å²) in [6.07, 6.45) is 5.53. The lowest BCUT2D eigenvalue weighted by atomic mass is 10.0. The first-order valence-corrected chi connectivity index (χ1v) is 14.0. The summed E-state index contributed by atoms with van der Waals surface area (Å²) in [7, 11) is 0. The molecule has 1 aliphatic rings. The molecule has 1 heterocycles. The van der Waals surface area contributed by atoms with E-state index >= 15 is 0 Å². The van der Waals surface area contributed by atoms with E-state index in [1.54, 1.807) is 24.3 Å². The van der Waals surface area contributed by atoms with Gasteiger partial charge in [-0.2, -0.15) is 0 Å². The zero-order valence-corrected chi connectivity index (χ0v) is 23.0. The summed E-state index contributed by atoms with van der Waals surface area (Å²) in [5, 5.41) is 8.78. The number of fused-ring (bicyclic) bond motifs is 2. The lowest BCUT2D eigenvalue weighted by Crippen LogP contribution is -2.47. The van der Waals surface area contributed by atoms with Gasteiger partial charge in [0.1, 0.15) is 12.6 Å². The Labute approximate surface area is 231 Å². The second-order valence-corrected chi connectivity index (χ2v) is 10.6. The maximum atomic E-state index is 13.0. The second kappa shape index (κ2) is 15.7. The van der Waals surface area contributed by atoms with E-state index in [4.69, 9.17) is 4.74 Å². The van der Waals surface area contributed by atoms with Gasteiger partial charge in [0.15, 0.2) is 0 Å². The minimum atomic E-state index is -0.663. The van der Waals surface area contributed by atoms with Crippen LogP contribution in [-0.2, 0) is 36.8 Å². The van der Waals surface area contributed by atoms with Gasteiger partial charge in [0.25, 0.3) is 0 Å². The van der Waals surface area contributed by atoms with Crippen LogP contribution < -0.4 is 16.0 Å². The molecule has 0 saturated heterocycles. The Morgan fingerprint density at radius 2 is 1.49 bits per heavy atom. The molecule has 3 rings (SSSR count). The molecule has 0 radical (unpaired) electrons. The number of cyclic esters (lactones) is 1. The number of carbonyl (C=O) groups excluding carboxylic acids is 4. The lowest BCUT2D eigenvalue weighted by molar-refractivity contribution is -0.144. The Morgan fingerprint density at radius 3 is 2.18 bits per heavy atom. The monoisotopic (exact) mass is 535 g/mol. The maximum absolute atomic E-state index is 13.0. The Kier molecular flexibility index (Phi) is 12.0. The smallest absolute Gasteiger partial charge is 0.310 e. The van der Waals surface area contributed by atoms with E-state index < -0.39 is 12.0 Å². The molecule has 8 nitrogen and oxygen atoms in total. The Balaban J connectivity index is 1.72. The van der Waals surface area contributed by atoms with E-state index in [2.05, 4.69) is 16.0 Å². The highest BCUT2D eigenvalue weighted by Crippen LogP contribution is 2.15. The number of nitrogens with one attached hydrogen (secondary N) is 3. The molecule has 8 heteroatoms. The Morgan fingerprint density at radius 1 is 0.821 bits per heavy atom. The van der Waals surface area contributed by atoms with Crippen LogP contribution >= 0.6 is 0 Å². The predicted molar refractivity (Wildman–Crippen MR) is 151 cm³/mol. The molecule has 210 valence electrons. The summed E-state index contributed by atoms with van der Waals surface area (Å²) in [6.45, 7) is 3.86. The van der Waals surface area contributed by atoms with E-state index in [1.807, 2.05) is 44.2 Å². The van der Waals surface area contributed by atoms with Gasteiger partial charge in [0.2, 0.25) is 17.7 Å².